The zero-order chi connectivity index (χ0) is 15.4. The molecule has 2 nitrogen and oxygen atoms in total. The highest BCUT2D eigenvalue weighted by atomic mass is 19.4. The third-order valence-electron chi connectivity index (χ3n) is 3.64. The molecule has 0 bridgehead atoms. The molecule has 0 aliphatic carbocycles. The Labute approximate surface area is 116 Å². The fourth-order valence-electron chi connectivity index (χ4n) is 2.05. The summed E-state index contributed by atoms with van der Waals surface area (Å²) in [6, 6.07) is 5.82. The number of anilines is 1. The Morgan fingerprint density at radius 1 is 1.10 bits per heavy atom. The second-order valence-corrected chi connectivity index (χ2v) is 5.21. The number of halogens is 4. The van der Waals surface area contributed by atoms with Crippen LogP contribution in [0.15, 0.2) is 24.3 Å². The van der Waals surface area contributed by atoms with Gasteiger partial charge in [0.15, 0.2) is 0 Å². The van der Waals surface area contributed by atoms with E-state index in [9.17, 15) is 17.6 Å². The standard InChI is InChI=1S/C14H20F4N2/c1-13(10-19,8-3-9-14(16,17)18)20(2)12-6-4-11(15)5-7-12/h4-7H,3,8-10,19H2,1-2H3. The number of likely N-dealkylation sites (N-methyl/N-ethyl adjacent to an activating group) is 1. The Balaban J connectivity index is 2.74. The minimum Gasteiger partial charge on any atom is -0.368 e. The number of hydrogen-bond donors (Lipinski definition) is 1. The molecule has 20 heavy (non-hydrogen) atoms. The van der Waals surface area contributed by atoms with Crippen LogP contribution in [-0.4, -0.2) is 25.3 Å². The summed E-state index contributed by atoms with van der Waals surface area (Å²) in [4.78, 5) is 1.81. The van der Waals surface area contributed by atoms with Gasteiger partial charge in [-0.15, -0.1) is 0 Å². The highest BCUT2D eigenvalue weighted by Crippen LogP contribution is 2.29. The van der Waals surface area contributed by atoms with Crippen LogP contribution in [0, 0.1) is 5.82 Å². The Bertz CT molecular complexity index is 416. The summed E-state index contributed by atoms with van der Waals surface area (Å²) in [7, 11) is 1.76. The van der Waals surface area contributed by atoms with E-state index >= 15 is 0 Å². The summed E-state index contributed by atoms with van der Waals surface area (Å²) >= 11 is 0. The SMILES string of the molecule is CN(c1ccc(F)cc1)C(C)(CN)CCCC(F)(F)F. The first-order valence-electron chi connectivity index (χ1n) is 6.44. The van der Waals surface area contributed by atoms with Crippen molar-refractivity contribution in [2.75, 3.05) is 18.5 Å². The van der Waals surface area contributed by atoms with E-state index < -0.39 is 18.1 Å². The average molecular weight is 292 g/mol. The zero-order valence-electron chi connectivity index (χ0n) is 11.7. The maximum atomic E-state index is 12.9. The van der Waals surface area contributed by atoms with Gasteiger partial charge in [-0.25, -0.2) is 4.39 Å². The predicted molar refractivity (Wildman–Crippen MR) is 72.2 cm³/mol. The molecular formula is C14H20F4N2. The first-order valence-corrected chi connectivity index (χ1v) is 6.44. The third kappa shape index (κ3) is 4.67. The van der Waals surface area contributed by atoms with Gasteiger partial charge in [0.1, 0.15) is 5.82 Å². The molecular weight excluding hydrogens is 272 g/mol. The molecule has 0 saturated heterocycles. The Kier molecular flexibility index (Phi) is 5.39. The molecule has 6 heteroatoms. The molecule has 0 aliphatic heterocycles. The van der Waals surface area contributed by atoms with Crippen molar-refractivity contribution >= 4 is 5.69 Å². The summed E-state index contributed by atoms with van der Waals surface area (Å²) in [5.74, 6) is -0.353. The normalized spacial score (nSPS) is 14.9. The molecule has 0 fully saturated rings. The quantitative estimate of drug-likeness (QED) is 0.810. The van der Waals surface area contributed by atoms with Gasteiger partial charge in [-0.3, -0.25) is 0 Å². The van der Waals surface area contributed by atoms with Gasteiger partial charge >= 0.3 is 6.18 Å². The van der Waals surface area contributed by atoms with E-state index in [2.05, 4.69) is 0 Å². The molecule has 0 radical (unpaired) electrons. The summed E-state index contributed by atoms with van der Waals surface area (Å²) in [6.07, 6.45) is -4.64. The minimum absolute atomic E-state index is 0.0166. The Morgan fingerprint density at radius 3 is 2.10 bits per heavy atom. The first-order chi connectivity index (χ1) is 9.18. The maximum Gasteiger partial charge on any atom is 0.389 e. The molecule has 0 spiro atoms. The van der Waals surface area contributed by atoms with Gasteiger partial charge in [-0.05, 0) is 44.0 Å². The number of benzene rings is 1. The molecule has 114 valence electrons. The fraction of sp³-hybridized carbons (Fsp3) is 0.571. The van der Waals surface area contributed by atoms with Gasteiger partial charge < -0.3 is 10.6 Å². The van der Waals surface area contributed by atoms with Gasteiger partial charge in [0, 0.05) is 31.2 Å². The number of hydrogen-bond acceptors (Lipinski definition) is 2. The monoisotopic (exact) mass is 292 g/mol. The maximum absolute atomic E-state index is 12.9. The lowest BCUT2D eigenvalue weighted by Crippen LogP contribution is -2.50. The van der Waals surface area contributed by atoms with Crippen LogP contribution in [-0.2, 0) is 0 Å². The molecule has 2 N–H and O–H groups in total. The molecule has 0 heterocycles. The number of alkyl halides is 3. The van der Waals surface area contributed by atoms with Crippen molar-refractivity contribution in [1.82, 2.24) is 0 Å². The minimum atomic E-state index is -4.15. The van der Waals surface area contributed by atoms with E-state index in [1.165, 1.54) is 12.1 Å². The van der Waals surface area contributed by atoms with Crippen LogP contribution in [0.4, 0.5) is 23.2 Å². The molecule has 1 aromatic carbocycles. The molecule has 1 rings (SSSR count). The summed E-state index contributed by atoms with van der Waals surface area (Å²) in [5.41, 5.74) is 5.86. The van der Waals surface area contributed by atoms with Crippen LogP contribution < -0.4 is 10.6 Å². The largest absolute Gasteiger partial charge is 0.389 e. The van der Waals surface area contributed by atoms with Crippen molar-refractivity contribution in [2.45, 2.75) is 37.9 Å². The van der Waals surface area contributed by atoms with Gasteiger partial charge in [0.25, 0.3) is 0 Å². The van der Waals surface area contributed by atoms with E-state index in [1.54, 1.807) is 19.2 Å². The van der Waals surface area contributed by atoms with Crippen molar-refractivity contribution in [3.63, 3.8) is 0 Å². The number of rotatable bonds is 6. The highest BCUT2D eigenvalue weighted by molar-refractivity contribution is 5.48. The Morgan fingerprint density at radius 2 is 1.65 bits per heavy atom. The molecule has 1 atom stereocenters. The van der Waals surface area contributed by atoms with Gasteiger partial charge in [0.2, 0.25) is 0 Å². The lowest BCUT2D eigenvalue weighted by Gasteiger charge is -2.40. The van der Waals surface area contributed by atoms with E-state index in [-0.39, 0.29) is 18.8 Å². The van der Waals surface area contributed by atoms with Crippen LogP contribution in [0.2, 0.25) is 0 Å². The van der Waals surface area contributed by atoms with Gasteiger partial charge in [-0.1, -0.05) is 0 Å². The van der Waals surface area contributed by atoms with E-state index in [1.807, 2.05) is 11.8 Å². The summed E-state index contributed by atoms with van der Waals surface area (Å²) in [6.45, 7) is 2.03. The first kappa shape index (κ1) is 16.8. The highest BCUT2D eigenvalue weighted by Gasteiger charge is 2.32. The van der Waals surface area contributed by atoms with E-state index in [4.69, 9.17) is 5.73 Å². The molecule has 0 aromatic heterocycles. The summed E-state index contributed by atoms with van der Waals surface area (Å²) in [5, 5.41) is 0. The van der Waals surface area contributed by atoms with Crippen LogP contribution in [0.3, 0.4) is 0 Å². The van der Waals surface area contributed by atoms with Crippen LogP contribution >= 0.6 is 0 Å². The van der Waals surface area contributed by atoms with Crippen molar-refractivity contribution in [3.05, 3.63) is 30.1 Å². The summed E-state index contributed by atoms with van der Waals surface area (Å²) < 4.78 is 49.5. The average Bonchev–Trinajstić information content (AvgIpc) is 2.37. The third-order valence-corrected chi connectivity index (χ3v) is 3.64. The van der Waals surface area contributed by atoms with E-state index in [0.717, 1.165) is 5.69 Å². The molecule has 1 unspecified atom stereocenters. The van der Waals surface area contributed by atoms with Crippen LogP contribution in [0.1, 0.15) is 26.2 Å². The fourth-order valence-corrected chi connectivity index (χ4v) is 2.05. The lowest BCUT2D eigenvalue weighted by atomic mass is 9.92. The van der Waals surface area contributed by atoms with Crippen molar-refractivity contribution < 1.29 is 17.6 Å². The van der Waals surface area contributed by atoms with Crippen molar-refractivity contribution in [2.24, 2.45) is 5.73 Å². The lowest BCUT2D eigenvalue weighted by molar-refractivity contribution is -0.136. The van der Waals surface area contributed by atoms with E-state index in [0.29, 0.717) is 6.42 Å². The zero-order valence-corrected chi connectivity index (χ0v) is 11.7. The van der Waals surface area contributed by atoms with Crippen molar-refractivity contribution in [1.29, 1.82) is 0 Å². The topological polar surface area (TPSA) is 29.3 Å². The molecule has 0 aliphatic rings. The second kappa shape index (κ2) is 6.43. The molecule has 1 aromatic rings. The molecule has 0 amide bonds. The number of nitrogens with zero attached hydrogens (tertiary/aromatic N) is 1. The number of nitrogens with two attached hydrogens (primary N) is 1. The predicted octanol–water partition coefficient (Wildman–Crippen LogP) is 3.71. The molecule has 0 saturated carbocycles. The van der Waals surface area contributed by atoms with Crippen LogP contribution in [0.25, 0.3) is 0 Å². The Hall–Kier alpha value is -1.30. The van der Waals surface area contributed by atoms with Crippen LogP contribution in [0.5, 0.6) is 0 Å². The smallest absolute Gasteiger partial charge is 0.368 e. The van der Waals surface area contributed by atoms with Gasteiger partial charge in [0.05, 0.1) is 0 Å². The second-order valence-electron chi connectivity index (χ2n) is 5.21. The van der Waals surface area contributed by atoms with Gasteiger partial charge in [-0.2, -0.15) is 13.2 Å². The van der Waals surface area contributed by atoms with Crippen molar-refractivity contribution in [3.8, 4) is 0 Å².